The molecule has 0 aliphatic carbocycles. The van der Waals surface area contributed by atoms with Crippen molar-refractivity contribution >= 4 is 33.3 Å². The number of carbonyl (C=O) groups excluding carboxylic acids is 2. The summed E-state index contributed by atoms with van der Waals surface area (Å²) in [4.78, 5) is 23.6. The molecule has 2 aromatic carbocycles. The van der Waals surface area contributed by atoms with Gasteiger partial charge in [-0.1, -0.05) is 40.2 Å². The lowest BCUT2D eigenvalue weighted by Gasteiger charge is -2.06. The standard InChI is InChI=1S/C16H13BrFNO2/c17-12-7-5-11(6-8-12)15(20)9-10-16(21)19-14-4-2-1-3-13(14)18/h1-8H,9-10H2,(H,19,21). The topological polar surface area (TPSA) is 46.2 Å². The fourth-order valence-corrected chi connectivity index (χ4v) is 2.05. The van der Waals surface area contributed by atoms with Crippen molar-refractivity contribution < 1.29 is 14.0 Å². The summed E-state index contributed by atoms with van der Waals surface area (Å²) in [6.07, 6.45) is 0.102. The Morgan fingerprint density at radius 3 is 2.33 bits per heavy atom. The predicted molar refractivity (Wildman–Crippen MR) is 82.7 cm³/mol. The Morgan fingerprint density at radius 2 is 1.67 bits per heavy atom. The fraction of sp³-hybridized carbons (Fsp3) is 0.125. The molecule has 0 atom stereocenters. The number of amides is 1. The lowest BCUT2D eigenvalue weighted by molar-refractivity contribution is -0.116. The van der Waals surface area contributed by atoms with Gasteiger partial charge in [0.15, 0.2) is 5.78 Å². The Kier molecular flexibility index (Phi) is 5.22. The van der Waals surface area contributed by atoms with Gasteiger partial charge in [0.05, 0.1) is 5.69 Å². The van der Waals surface area contributed by atoms with Gasteiger partial charge < -0.3 is 5.32 Å². The van der Waals surface area contributed by atoms with Crippen LogP contribution in [0, 0.1) is 5.82 Å². The molecule has 2 aromatic rings. The van der Waals surface area contributed by atoms with E-state index in [0.29, 0.717) is 5.56 Å². The summed E-state index contributed by atoms with van der Waals surface area (Å²) in [6.45, 7) is 0. The van der Waals surface area contributed by atoms with E-state index in [1.54, 1.807) is 36.4 Å². The number of carbonyl (C=O) groups is 2. The zero-order valence-electron chi connectivity index (χ0n) is 11.1. The third-order valence-corrected chi connectivity index (χ3v) is 3.42. The van der Waals surface area contributed by atoms with E-state index in [9.17, 15) is 14.0 Å². The van der Waals surface area contributed by atoms with Gasteiger partial charge in [-0.2, -0.15) is 0 Å². The Balaban J connectivity index is 1.88. The molecular formula is C16H13BrFNO2. The van der Waals surface area contributed by atoms with E-state index in [4.69, 9.17) is 0 Å². The van der Waals surface area contributed by atoms with Crippen LogP contribution in [0.2, 0.25) is 0 Å². The van der Waals surface area contributed by atoms with E-state index in [1.807, 2.05) is 0 Å². The molecule has 1 N–H and O–H groups in total. The maximum absolute atomic E-state index is 13.4. The number of nitrogens with one attached hydrogen (secondary N) is 1. The summed E-state index contributed by atoms with van der Waals surface area (Å²) in [7, 11) is 0. The van der Waals surface area contributed by atoms with Gasteiger partial charge in [0.1, 0.15) is 5.82 Å². The first kappa shape index (κ1) is 15.4. The zero-order valence-corrected chi connectivity index (χ0v) is 12.7. The highest BCUT2D eigenvalue weighted by molar-refractivity contribution is 9.10. The van der Waals surface area contributed by atoms with Crippen LogP contribution in [0.15, 0.2) is 53.0 Å². The van der Waals surface area contributed by atoms with Crippen LogP contribution in [-0.4, -0.2) is 11.7 Å². The molecule has 21 heavy (non-hydrogen) atoms. The third kappa shape index (κ3) is 4.49. The molecule has 2 rings (SSSR count). The van der Waals surface area contributed by atoms with Crippen LogP contribution in [0.25, 0.3) is 0 Å². The number of rotatable bonds is 5. The Bertz CT molecular complexity index is 656. The third-order valence-electron chi connectivity index (χ3n) is 2.89. The molecule has 0 heterocycles. The highest BCUT2D eigenvalue weighted by Gasteiger charge is 2.10. The molecule has 0 radical (unpaired) electrons. The van der Waals surface area contributed by atoms with Crippen LogP contribution >= 0.6 is 15.9 Å². The van der Waals surface area contributed by atoms with Crippen molar-refractivity contribution in [2.75, 3.05) is 5.32 Å². The first-order valence-corrected chi connectivity index (χ1v) is 7.19. The zero-order chi connectivity index (χ0) is 15.2. The normalized spacial score (nSPS) is 10.2. The lowest BCUT2D eigenvalue weighted by atomic mass is 10.1. The minimum absolute atomic E-state index is 0.0171. The van der Waals surface area contributed by atoms with Crippen LogP contribution in [0.1, 0.15) is 23.2 Å². The Labute approximate surface area is 130 Å². The summed E-state index contributed by atoms with van der Waals surface area (Å²) >= 11 is 3.29. The Hall–Kier alpha value is -2.01. The fourth-order valence-electron chi connectivity index (χ4n) is 1.78. The molecule has 1 amide bonds. The van der Waals surface area contributed by atoms with E-state index in [-0.39, 0.29) is 30.2 Å². The van der Waals surface area contributed by atoms with Crippen molar-refractivity contribution in [2.45, 2.75) is 12.8 Å². The number of benzene rings is 2. The molecule has 108 valence electrons. The van der Waals surface area contributed by atoms with Gasteiger partial charge in [0, 0.05) is 22.9 Å². The van der Waals surface area contributed by atoms with Gasteiger partial charge in [0.2, 0.25) is 5.91 Å². The van der Waals surface area contributed by atoms with E-state index < -0.39 is 5.82 Å². The van der Waals surface area contributed by atoms with Crippen LogP contribution in [-0.2, 0) is 4.79 Å². The van der Waals surface area contributed by atoms with Crippen molar-refractivity contribution in [1.82, 2.24) is 0 Å². The van der Waals surface area contributed by atoms with E-state index in [2.05, 4.69) is 21.2 Å². The van der Waals surface area contributed by atoms with Gasteiger partial charge in [-0.05, 0) is 24.3 Å². The monoisotopic (exact) mass is 349 g/mol. The van der Waals surface area contributed by atoms with Crippen molar-refractivity contribution in [3.05, 3.63) is 64.4 Å². The first-order valence-electron chi connectivity index (χ1n) is 6.39. The number of hydrogen-bond donors (Lipinski definition) is 1. The second-order valence-electron chi connectivity index (χ2n) is 4.46. The molecule has 0 aromatic heterocycles. The average molecular weight is 350 g/mol. The second kappa shape index (κ2) is 7.13. The van der Waals surface area contributed by atoms with Crippen LogP contribution in [0.3, 0.4) is 0 Å². The number of para-hydroxylation sites is 1. The first-order chi connectivity index (χ1) is 10.1. The molecule has 0 fully saturated rings. The smallest absolute Gasteiger partial charge is 0.224 e. The van der Waals surface area contributed by atoms with Crippen LogP contribution in [0.4, 0.5) is 10.1 Å². The molecule has 0 saturated heterocycles. The molecule has 0 saturated carbocycles. The number of halogens is 2. The maximum atomic E-state index is 13.4. The largest absolute Gasteiger partial charge is 0.324 e. The predicted octanol–water partition coefficient (Wildman–Crippen LogP) is 4.19. The minimum atomic E-state index is -0.495. The summed E-state index contributed by atoms with van der Waals surface area (Å²) in [5, 5.41) is 2.45. The van der Waals surface area contributed by atoms with E-state index >= 15 is 0 Å². The summed E-state index contributed by atoms with van der Waals surface area (Å²) in [6, 6.07) is 12.8. The molecule has 0 bridgehead atoms. The van der Waals surface area contributed by atoms with E-state index in [0.717, 1.165) is 4.47 Å². The van der Waals surface area contributed by atoms with Crippen LogP contribution in [0.5, 0.6) is 0 Å². The van der Waals surface area contributed by atoms with Crippen molar-refractivity contribution in [3.63, 3.8) is 0 Å². The highest BCUT2D eigenvalue weighted by Crippen LogP contribution is 2.15. The number of hydrogen-bond acceptors (Lipinski definition) is 2. The summed E-state index contributed by atoms with van der Waals surface area (Å²) in [5.41, 5.74) is 0.676. The molecular weight excluding hydrogens is 337 g/mol. The average Bonchev–Trinajstić information content (AvgIpc) is 2.48. The number of anilines is 1. The van der Waals surface area contributed by atoms with Gasteiger partial charge >= 0.3 is 0 Å². The van der Waals surface area contributed by atoms with Gasteiger partial charge in [0.25, 0.3) is 0 Å². The molecule has 0 aliphatic rings. The molecule has 0 aliphatic heterocycles. The number of ketones is 1. The van der Waals surface area contributed by atoms with Gasteiger partial charge in [-0.3, -0.25) is 9.59 Å². The maximum Gasteiger partial charge on any atom is 0.224 e. The quantitative estimate of drug-likeness (QED) is 0.822. The van der Waals surface area contributed by atoms with Crippen LogP contribution < -0.4 is 5.32 Å². The molecule has 0 unspecified atom stereocenters. The molecule has 5 heteroatoms. The molecule has 0 spiro atoms. The van der Waals surface area contributed by atoms with E-state index in [1.165, 1.54) is 12.1 Å². The van der Waals surface area contributed by atoms with Crippen molar-refractivity contribution in [1.29, 1.82) is 0 Å². The van der Waals surface area contributed by atoms with Gasteiger partial charge in [-0.15, -0.1) is 0 Å². The van der Waals surface area contributed by atoms with Gasteiger partial charge in [-0.25, -0.2) is 4.39 Å². The number of Topliss-reactive ketones (excluding diaryl/α,β-unsaturated/α-hetero) is 1. The SMILES string of the molecule is O=C(CCC(=O)c1ccc(Br)cc1)Nc1ccccc1F. The molecule has 3 nitrogen and oxygen atoms in total. The highest BCUT2D eigenvalue weighted by atomic mass is 79.9. The summed E-state index contributed by atoms with van der Waals surface area (Å²) < 4.78 is 14.3. The second-order valence-corrected chi connectivity index (χ2v) is 5.37. The lowest BCUT2D eigenvalue weighted by Crippen LogP contribution is -2.14. The Morgan fingerprint density at radius 1 is 1.00 bits per heavy atom. The minimum Gasteiger partial charge on any atom is -0.324 e. The van der Waals surface area contributed by atoms with Crippen molar-refractivity contribution in [3.8, 4) is 0 Å². The summed E-state index contributed by atoms with van der Waals surface area (Å²) in [5.74, 6) is -0.998. The van der Waals surface area contributed by atoms with Crippen molar-refractivity contribution in [2.24, 2.45) is 0 Å².